The summed E-state index contributed by atoms with van der Waals surface area (Å²) < 4.78 is 81.8. The first-order valence-corrected chi connectivity index (χ1v) is 11.9. The normalized spacial score (nSPS) is 14.9. The van der Waals surface area contributed by atoms with Gasteiger partial charge in [-0.25, -0.2) is 0 Å². The molecule has 1 fully saturated rings. The van der Waals surface area contributed by atoms with Crippen LogP contribution in [-0.2, 0) is 12.7 Å². The monoisotopic (exact) mass is 540 g/mol. The second kappa shape index (κ2) is 11.3. The van der Waals surface area contributed by atoms with Gasteiger partial charge in [-0.1, -0.05) is 25.1 Å². The van der Waals surface area contributed by atoms with Gasteiger partial charge < -0.3 is 20.3 Å². The molecule has 0 spiro atoms. The Balaban J connectivity index is 1.48. The second-order valence-electron chi connectivity index (χ2n) is 9.06. The minimum atomic E-state index is -4.64. The van der Waals surface area contributed by atoms with Gasteiger partial charge in [0, 0.05) is 31.0 Å². The fourth-order valence-corrected chi connectivity index (χ4v) is 3.88. The third kappa shape index (κ3) is 7.86. The van der Waals surface area contributed by atoms with Crippen molar-refractivity contribution < 1.29 is 31.1 Å². The van der Waals surface area contributed by atoms with E-state index in [1.54, 1.807) is 0 Å². The third-order valence-corrected chi connectivity index (χ3v) is 5.96. The lowest BCUT2D eigenvalue weighted by Gasteiger charge is -2.32. The molecule has 0 aliphatic carbocycles. The van der Waals surface area contributed by atoms with E-state index in [4.69, 9.17) is 0 Å². The van der Waals surface area contributed by atoms with Gasteiger partial charge in [-0.05, 0) is 54.7 Å². The largest absolute Gasteiger partial charge is 0.454 e. The van der Waals surface area contributed by atoms with E-state index in [0.29, 0.717) is 5.92 Å². The number of anilines is 4. The summed E-state index contributed by atoms with van der Waals surface area (Å²) in [6.07, 6.45) is -6.94. The van der Waals surface area contributed by atoms with Crippen LogP contribution < -0.4 is 20.3 Å². The SMILES string of the molecule is CC1CCN(c2ccc(CNc3nc(Nc4cccc(C(F)(F)F)c4)nc(OCC(F)(F)F)n3)cc2)CC1. The number of nitrogens with zero attached hydrogens (tertiary/aromatic N) is 4. The van der Waals surface area contributed by atoms with E-state index >= 15 is 0 Å². The van der Waals surface area contributed by atoms with Crippen LogP contribution in [0, 0.1) is 5.92 Å². The number of ether oxygens (including phenoxy) is 1. The van der Waals surface area contributed by atoms with E-state index in [-0.39, 0.29) is 24.1 Å². The fraction of sp³-hybridized carbons (Fsp3) is 0.400. The van der Waals surface area contributed by atoms with Gasteiger partial charge in [-0.3, -0.25) is 0 Å². The standard InChI is InChI=1S/C25H26F6N6O/c1-16-9-11-37(12-10-16)20-7-5-17(6-8-20)14-32-21-34-22(36-23(35-21)38-15-24(26,27)28)33-19-4-2-3-18(13-19)25(29,30)31/h2-8,13,16H,9-12,14-15H2,1H3,(H2,32,33,34,35,36). The molecule has 0 atom stereocenters. The molecule has 204 valence electrons. The molecule has 1 aromatic heterocycles. The quantitative estimate of drug-likeness (QED) is 0.319. The Kier molecular flexibility index (Phi) is 8.12. The highest BCUT2D eigenvalue weighted by atomic mass is 19.4. The van der Waals surface area contributed by atoms with E-state index in [1.807, 2.05) is 24.3 Å². The van der Waals surface area contributed by atoms with Crippen molar-refractivity contribution in [3.8, 4) is 6.01 Å². The number of nitrogens with one attached hydrogen (secondary N) is 2. The van der Waals surface area contributed by atoms with Gasteiger partial charge >= 0.3 is 18.4 Å². The molecule has 13 heteroatoms. The lowest BCUT2D eigenvalue weighted by Crippen LogP contribution is -2.32. The summed E-state index contributed by atoms with van der Waals surface area (Å²) in [7, 11) is 0. The molecule has 0 radical (unpaired) electrons. The minimum Gasteiger partial charge on any atom is -0.454 e. The van der Waals surface area contributed by atoms with Crippen LogP contribution in [0.3, 0.4) is 0 Å². The first kappa shape index (κ1) is 27.3. The molecule has 0 bridgehead atoms. The summed E-state index contributed by atoms with van der Waals surface area (Å²) in [6.45, 7) is 2.82. The highest BCUT2D eigenvalue weighted by Gasteiger charge is 2.31. The Morgan fingerprint density at radius 3 is 2.26 bits per heavy atom. The lowest BCUT2D eigenvalue weighted by atomic mass is 9.99. The van der Waals surface area contributed by atoms with Crippen LogP contribution in [-0.4, -0.2) is 40.8 Å². The zero-order chi connectivity index (χ0) is 27.3. The average molecular weight is 541 g/mol. The molecule has 3 aromatic rings. The Hall–Kier alpha value is -3.77. The van der Waals surface area contributed by atoms with E-state index in [1.165, 1.54) is 12.1 Å². The lowest BCUT2D eigenvalue weighted by molar-refractivity contribution is -0.154. The third-order valence-electron chi connectivity index (χ3n) is 5.96. The van der Waals surface area contributed by atoms with Crippen LogP contribution in [0.1, 0.15) is 30.9 Å². The Bertz CT molecular complexity index is 1210. The predicted octanol–water partition coefficient (Wildman–Crippen LogP) is 6.42. The van der Waals surface area contributed by atoms with Crippen molar-refractivity contribution in [3.05, 3.63) is 59.7 Å². The Morgan fingerprint density at radius 2 is 1.61 bits per heavy atom. The maximum absolute atomic E-state index is 13.0. The number of aromatic nitrogens is 3. The zero-order valence-electron chi connectivity index (χ0n) is 20.4. The number of piperidine rings is 1. The summed E-state index contributed by atoms with van der Waals surface area (Å²) in [6, 6.07) is 11.4. The van der Waals surface area contributed by atoms with Gasteiger partial charge in [0.1, 0.15) is 0 Å². The first-order valence-electron chi connectivity index (χ1n) is 11.9. The summed E-state index contributed by atoms with van der Waals surface area (Å²) in [5, 5.41) is 5.48. The van der Waals surface area contributed by atoms with Crippen LogP contribution in [0.25, 0.3) is 0 Å². The highest BCUT2D eigenvalue weighted by molar-refractivity contribution is 5.56. The molecule has 2 N–H and O–H groups in total. The van der Waals surface area contributed by atoms with Gasteiger partial charge in [0.05, 0.1) is 5.56 Å². The van der Waals surface area contributed by atoms with Crippen molar-refractivity contribution >= 4 is 23.3 Å². The predicted molar refractivity (Wildman–Crippen MR) is 130 cm³/mol. The maximum atomic E-state index is 13.0. The van der Waals surface area contributed by atoms with Gasteiger partial charge in [-0.2, -0.15) is 41.3 Å². The molecule has 1 saturated heterocycles. The van der Waals surface area contributed by atoms with E-state index in [2.05, 4.69) is 42.1 Å². The highest BCUT2D eigenvalue weighted by Crippen LogP contribution is 2.31. The molecule has 7 nitrogen and oxygen atoms in total. The number of halogens is 6. The molecular formula is C25H26F6N6O. The molecule has 38 heavy (non-hydrogen) atoms. The first-order chi connectivity index (χ1) is 17.9. The minimum absolute atomic E-state index is 0.0126. The maximum Gasteiger partial charge on any atom is 0.422 e. The van der Waals surface area contributed by atoms with Crippen molar-refractivity contribution in [3.63, 3.8) is 0 Å². The number of benzene rings is 2. The zero-order valence-corrected chi connectivity index (χ0v) is 20.4. The van der Waals surface area contributed by atoms with Gasteiger partial charge in [-0.15, -0.1) is 0 Å². The van der Waals surface area contributed by atoms with Crippen LogP contribution in [0.4, 0.5) is 49.6 Å². The summed E-state index contributed by atoms with van der Waals surface area (Å²) >= 11 is 0. The van der Waals surface area contributed by atoms with Gasteiger partial charge in [0.2, 0.25) is 11.9 Å². The van der Waals surface area contributed by atoms with E-state index in [0.717, 1.165) is 49.3 Å². The van der Waals surface area contributed by atoms with Crippen molar-refractivity contribution in [2.45, 2.75) is 38.7 Å². The van der Waals surface area contributed by atoms with Crippen molar-refractivity contribution in [1.29, 1.82) is 0 Å². The number of rotatable bonds is 8. The molecule has 1 aliphatic heterocycles. The van der Waals surface area contributed by atoms with Crippen LogP contribution in [0.15, 0.2) is 48.5 Å². The van der Waals surface area contributed by atoms with Crippen molar-refractivity contribution in [2.75, 3.05) is 35.2 Å². The molecule has 0 saturated carbocycles. The number of hydrogen-bond acceptors (Lipinski definition) is 7. The van der Waals surface area contributed by atoms with Gasteiger partial charge in [0.15, 0.2) is 6.61 Å². The molecule has 2 aromatic carbocycles. The summed E-state index contributed by atoms with van der Waals surface area (Å²) in [5.41, 5.74) is 1.05. The Morgan fingerprint density at radius 1 is 0.921 bits per heavy atom. The second-order valence-corrected chi connectivity index (χ2v) is 9.06. The molecule has 0 unspecified atom stereocenters. The van der Waals surface area contributed by atoms with E-state index < -0.39 is 30.5 Å². The Labute approximate surface area is 215 Å². The molecule has 4 rings (SSSR count). The smallest absolute Gasteiger partial charge is 0.422 e. The van der Waals surface area contributed by atoms with Crippen LogP contribution in [0.2, 0.25) is 0 Å². The van der Waals surface area contributed by atoms with Crippen LogP contribution in [0.5, 0.6) is 6.01 Å². The molecule has 1 aliphatic rings. The number of alkyl halides is 6. The van der Waals surface area contributed by atoms with Crippen molar-refractivity contribution in [1.82, 2.24) is 15.0 Å². The summed E-state index contributed by atoms with van der Waals surface area (Å²) in [4.78, 5) is 14.0. The average Bonchev–Trinajstić information content (AvgIpc) is 2.86. The molecule has 0 amide bonds. The molecular weight excluding hydrogens is 514 g/mol. The molecule has 2 heterocycles. The van der Waals surface area contributed by atoms with E-state index in [9.17, 15) is 26.3 Å². The fourth-order valence-electron chi connectivity index (χ4n) is 3.88. The van der Waals surface area contributed by atoms with Crippen molar-refractivity contribution in [2.24, 2.45) is 5.92 Å². The topological polar surface area (TPSA) is 75.2 Å². The summed E-state index contributed by atoms with van der Waals surface area (Å²) in [5.74, 6) is 0.322. The number of hydrogen-bond donors (Lipinski definition) is 2. The van der Waals surface area contributed by atoms with Crippen LogP contribution >= 0.6 is 0 Å². The van der Waals surface area contributed by atoms with Gasteiger partial charge in [0.25, 0.3) is 0 Å².